The van der Waals surface area contributed by atoms with Gasteiger partial charge in [-0.1, -0.05) is 6.08 Å². The third kappa shape index (κ3) is 5.91. The van der Waals surface area contributed by atoms with Crippen LogP contribution in [0.25, 0.3) is 0 Å². The molecule has 0 radical (unpaired) electrons. The van der Waals surface area contributed by atoms with Crippen LogP contribution >= 0.6 is 0 Å². The highest BCUT2D eigenvalue weighted by Crippen LogP contribution is 1.98. The predicted molar refractivity (Wildman–Crippen MR) is 63.7 cm³/mol. The molecule has 98 valence electrons. The highest BCUT2D eigenvalue weighted by molar-refractivity contribution is 5.82. The highest BCUT2D eigenvalue weighted by Gasteiger charge is 2.20. The first-order valence-electron chi connectivity index (χ1n) is 5.56. The SMILES string of the molecule is C=CCC(NC(=O)N(CC)CCCO)C(=O)O. The summed E-state index contributed by atoms with van der Waals surface area (Å²) in [6, 6.07) is -1.39. The number of aliphatic hydroxyl groups is 1. The van der Waals surface area contributed by atoms with Gasteiger partial charge in [0.15, 0.2) is 0 Å². The van der Waals surface area contributed by atoms with Gasteiger partial charge in [-0.2, -0.15) is 0 Å². The van der Waals surface area contributed by atoms with Crippen LogP contribution < -0.4 is 5.32 Å². The molecular weight excluding hydrogens is 224 g/mol. The lowest BCUT2D eigenvalue weighted by molar-refractivity contribution is -0.139. The number of hydrogen-bond acceptors (Lipinski definition) is 3. The Morgan fingerprint density at radius 2 is 2.18 bits per heavy atom. The quantitative estimate of drug-likeness (QED) is 0.540. The van der Waals surface area contributed by atoms with Gasteiger partial charge in [0.25, 0.3) is 0 Å². The van der Waals surface area contributed by atoms with Gasteiger partial charge in [0.05, 0.1) is 0 Å². The van der Waals surface area contributed by atoms with Crippen molar-refractivity contribution in [2.45, 2.75) is 25.8 Å². The van der Waals surface area contributed by atoms with Crippen molar-refractivity contribution < 1.29 is 19.8 Å². The fraction of sp³-hybridized carbons (Fsp3) is 0.636. The fourth-order valence-corrected chi connectivity index (χ4v) is 1.29. The minimum atomic E-state index is -1.09. The number of carboxylic acids is 1. The molecule has 17 heavy (non-hydrogen) atoms. The highest BCUT2D eigenvalue weighted by atomic mass is 16.4. The molecule has 0 fully saturated rings. The molecular formula is C11H20N2O4. The Bertz CT molecular complexity index is 268. The molecule has 0 aliphatic rings. The molecule has 6 nitrogen and oxygen atoms in total. The van der Waals surface area contributed by atoms with E-state index in [9.17, 15) is 9.59 Å². The Balaban J connectivity index is 4.34. The Morgan fingerprint density at radius 1 is 1.53 bits per heavy atom. The van der Waals surface area contributed by atoms with E-state index in [0.717, 1.165) is 0 Å². The van der Waals surface area contributed by atoms with Gasteiger partial charge < -0.3 is 20.4 Å². The molecule has 0 heterocycles. The van der Waals surface area contributed by atoms with Crippen LogP contribution in [0.2, 0.25) is 0 Å². The van der Waals surface area contributed by atoms with Crippen molar-refractivity contribution in [1.29, 1.82) is 0 Å². The Labute approximate surface area is 101 Å². The third-order valence-corrected chi connectivity index (χ3v) is 2.25. The lowest BCUT2D eigenvalue weighted by Gasteiger charge is -2.23. The molecule has 0 aromatic carbocycles. The van der Waals surface area contributed by atoms with Crippen molar-refractivity contribution in [3.05, 3.63) is 12.7 Å². The zero-order valence-electron chi connectivity index (χ0n) is 10.1. The van der Waals surface area contributed by atoms with Crippen molar-refractivity contribution in [2.75, 3.05) is 19.7 Å². The number of nitrogens with zero attached hydrogens (tertiary/aromatic N) is 1. The second-order valence-corrected chi connectivity index (χ2v) is 3.52. The number of hydrogen-bond donors (Lipinski definition) is 3. The van der Waals surface area contributed by atoms with E-state index in [0.29, 0.717) is 19.5 Å². The molecule has 0 saturated heterocycles. The average molecular weight is 244 g/mol. The number of aliphatic carboxylic acids is 1. The molecule has 0 aliphatic carbocycles. The van der Waals surface area contributed by atoms with Gasteiger partial charge >= 0.3 is 12.0 Å². The van der Waals surface area contributed by atoms with Crippen molar-refractivity contribution in [2.24, 2.45) is 0 Å². The lowest BCUT2D eigenvalue weighted by Crippen LogP contribution is -2.48. The van der Waals surface area contributed by atoms with Gasteiger partial charge in [-0.05, 0) is 19.8 Å². The van der Waals surface area contributed by atoms with E-state index in [4.69, 9.17) is 10.2 Å². The normalized spacial score (nSPS) is 11.6. The zero-order chi connectivity index (χ0) is 13.3. The van der Waals surface area contributed by atoms with Crippen molar-refractivity contribution in [3.8, 4) is 0 Å². The van der Waals surface area contributed by atoms with E-state index in [2.05, 4.69) is 11.9 Å². The molecule has 0 rings (SSSR count). The summed E-state index contributed by atoms with van der Waals surface area (Å²) >= 11 is 0. The summed E-state index contributed by atoms with van der Waals surface area (Å²) in [4.78, 5) is 24.0. The van der Waals surface area contributed by atoms with Crippen molar-refractivity contribution in [1.82, 2.24) is 10.2 Å². The first kappa shape index (κ1) is 15.4. The van der Waals surface area contributed by atoms with Crippen molar-refractivity contribution in [3.63, 3.8) is 0 Å². The number of aliphatic hydroxyl groups excluding tert-OH is 1. The van der Waals surface area contributed by atoms with Gasteiger partial charge in [0.1, 0.15) is 6.04 Å². The van der Waals surface area contributed by atoms with E-state index in [1.54, 1.807) is 6.92 Å². The van der Waals surface area contributed by atoms with Crippen LogP contribution in [-0.4, -0.2) is 52.9 Å². The molecule has 1 unspecified atom stereocenters. The van der Waals surface area contributed by atoms with Crippen LogP contribution in [0.4, 0.5) is 4.79 Å². The Kier molecular flexibility index (Phi) is 7.79. The third-order valence-electron chi connectivity index (χ3n) is 2.25. The maximum absolute atomic E-state index is 11.7. The summed E-state index contributed by atoms with van der Waals surface area (Å²) in [5.41, 5.74) is 0. The van der Waals surface area contributed by atoms with Crippen LogP contribution in [0, 0.1) is 0 Å². The number of carboxylic acid groups (broad SMARTS) is 1. The second kappa shape index (κ2) is 8.58. The molecule has 0 aromatic heterocycles. The van der Waals surface area contributed by atoms with E-state index >= 15 is 0 Å². The smallest absolute Gasteiger partial charge is 0.326 e. The zero-order valence-corrected chi connectivity index (χ0v) is 10.1. The lowest BCUT2D eigenvalue weighted by atomic mass is 10.2. The minimum Gasteiger partial charge on any atom is -0.480 e. The summed E-state index contributed by atoms with van der Waals surface area (Å²) in [5.74, 6) is -1.09. The number of carbonyl (C=O) groups excluding carboxylic acids is 1. The van der Waals surface area contributed by atoms with Crippen LogP contribution in [0.5, 0.6) is 0 Å². The number of nitrogens with one attached hydrogen (secondary N) is 1. The molecule has 2 amide bonds. The van der Waals surface area contributed by atoms with Gasteiger partial charge in [-0.3, -0.25) is 0 Å². The topological polar surface area (TPSA) is 89.9 Å². The summed E-state index contributed by atoms with van der Waals surface area (Å²) in [5, 5.41) is 20.0. The van der Waals surface area contributed by atoms with Crippen LogP contribution in [0.1, 0.15) is 19.8 Å². The number of carbonyl (C=O) groups is 2. The molecule has 0 spiro atoms. The monoisotopic (exact) mass is 244 g/mol. The van der Waals surface area contributed by atoms with E-state index in [1.807, 2.05) is 0 Å². The molecule has 1 atom stereocenters. The molecule has 0 saturated carbocycles. The van der Waals surface area contributed by atoms with Crippen LogP contribution in [0.3, 0.4) is 0 Å². The van der Waals surface area contributed by atoms with Crippen molar-refractivity contribution >= 4 is 12.0 Å². The van der Waals surface area contributed by atoms with Gasteiger partial charge in [0, 0.05) is 19.7 Å². The number of urea groups is 1. The predicted octanol–water partition coefficient (Wildman–Crippen LogP) is 0.430. The molecule has 3 N–H and O–H groups in total. The molecule has 0 aromatic rings. The summed E-state index contributed by atoms with van der Waals surface area (Å²) in [6.07, 6.45) is 2.10. The Hall–Kier alpha value is -1.56. The average Bonchev–Trinajstić information content (AvgIpc) is 2.29. The van der Waals surface area contributed by atoms with Crippen LogP contribution in [-0.2, 0) is 4.79 Å². The molecule has 0 aliphatic heterocycles. The van der Waals surface area contributed by atoms with E-state index in [-0.39, 0.29) is 13.0 Å². The van der Waals surface area contributed by atoms with Crippen LogP contribution in [0.15, 0.2) is 12.7 Å². The van der Waals surface area contributed by atoms with E-state index < -0.39 is 18.0 Å². The summed E-state index contributed by atoms with van der Waals surface area (Å²) < 4.78 is 0. The molecule has 0 bridgehead atoms. The minimum absolute atomic E-state index is 0.00119. The number of rotatable bonds is 8. The first-order chi connectivity index (χ1) is 8.06. The first-order valence-corrected chi connectivity index (χ1v) is 5.56. The Morgan fingerprint density at radius 3 is 2.59 bits per heavy atom. The number of amides is 2. The maximum Gasteiger partial charge on any atom is 0.326 e. The maximum atomic E-state index is 11.7. The molecule has 6 heteroatoms. The largest absolute Gasteiger partial charge is 0.480 e. The standard InChI is InChI=1S/C11H20N2O4/c1-3-6-9(10(15)16)12-11(17)13(4-2)7-5-8-14/h3,9,14H,1,4-8H2,2H3,(H,12,17)(H,15,16). The summed E-state index contributed by atoms with van der Waals surface area (Å²) in [6.45, 7) is 6.10. The van der Waals surface area contributed by atoms with Gasteiger partial charge in [-0.25, -0.2) is 9.59 Å². The van der Waals surface area contributed by atoms with Gasteiger partial charge in [-0.15, -0.1) is 6.58 Å². The van der Waals surface area contributed by atoms with Gasteiger partial charge in [0.2, 0.25) is 0 Å². The summed E-state index contributed by atoms with van der Waals surface area (Å²) in [7, 11) is 0. The fourth-order valence-electron chi connectivity index (χ4n) is 1.29. The van der Waals surface area contributed by atoms with E-state index in [1.165, 1.54) is 11.0 Å². The second-order valence-electron chi connectivity index (χ2n) is 3.52.